The molecule has 1 aliphatic carbocycles. The molecule has 0 bridgehead atoms. The van der Waals surface area contributed by atoms with Crippen molar-refractivity contribution in [1.29, 1.82) is 0 Å². The molecule has 31 heavy (non-hydrogen) atoms. The Kier molecular flexibility index (Phi) is 9.19. The summed E-state index contributed by atoms with van der Waals surface area (Å²) in [4.78, 5) is 32.0. The van der Waals surface area contributed by atoms with Crippen molar-refractivity contribution < 1.29 is 14.3 Å². The van der Waals surface area contributed by atoms with Gasteiger partial charge < -0.3 is 14.5 Å². The topological polar surface area (TPSA) is 53.1 Å². The molecule has 1 aromatic carbocycles. The van der Waals surface area contributed by atoms with Crippen molar-refractivity contribution in [3.63, 3.8) is 0 Å². The van der Waals surface area contributed by atoms with Crippen LogP contribution >= 0.6 is 0 Å². The van der Waals surface area contributed by atoms with E-state index < -0.39 is 0 Å². The number of rotatable bonds is 8. The van der Waals surface area contributed by atoms with Crippen LogP contribution in [-0.4, -0.2) is 78.9 Å². The monoisotopic (exact) mass is 429 g/mol. The first-order chi connectivity index (χ1) is 15.1. The van der Waals surface area contributed by atoms with Crippen LogP contribution in [0.3, 0.4) is 0 Å². The summed E-state index contributed by atoms with van der Waals surface area (Å²) in [6.07, 6.45) is 8.28. The summed E-state index contributed by atoms with van der Waals surface area (Å²) < 4.78 is 5.19. The highest BCUT2D eigenvalue weighted by atomic mass is 16.5. The van der Waals surface area contributed by atoms with E-state index in [1.807, 2.05) is 29.2 Å². The van der Waals surface area contributed by atoms with Gasteiger partial charge in [0.15, 0.2) is 0 Å². The van der Waals surface area contributed by atoms with E-state index in [9.17, 15) is 9.59 Å². The zero-order valence-corrected chi connectivity index (χ0v) is 19.4. The number of hydrogen-bond donors (Lipinski definition) is 0. The van der Waals surface area contributed by atoms with Gasteiger partial charge in [-0.3, -0.25) is 14.5 Å². The van der Waals surface area contributed by atoms with Crippen molar-refractivity contribution in [3.8, 4) is 5.75 Å². The van der Waals surface area contributed by atoms with Gasteiger partial charge in [0, 0.05) is 45.2 Å². The normalized spacial score (nSPS) is 18.5. The van der Waals surface area contributed by atoms with Crippen molar-refractivity contribution in [3.05, 3.63) is 29.8 Å². The van der Waals surface area contributed by atoms with Gasteiger partial charge in [-0.1, -0.05) is 31.4 Å². The maximum atomic E-state index is 13.0. The molecule has 0 unspecified atom stereocenters. The Bertz CT molecular complexity index is 700. The van der Waals surface area contributed by atoms with Crippen LogP contribution in [-0.2, 0) is 16.0 Å². The van der Waals surface area contributed by atoms with Gasteiger partial charge >= 0.3 is 0 Å². The molecule has 172 valence electrons. The summed E-state index contributed by atoms with van der Waals surface area (Å²) in [6, 6.07) is 8.34. The van der Waals surface area contributed by atoms with Crippen LogP contribution in [0, 0.1) is 0 Å². The number of aryl methyl sites for hydroxylation is 1. The predicted octanol–water partition coefficient (Wildman–Crippen LogP) is 3.34. The van der Waals surface area contributed by atoms with E-state index in [4.69, 9.17) is 4.74 Å². The van der Waals surface area contributed by atoms with Gasteiger partial charge in [0.05, 0.1) is 13.7 Å². The van der Waals surface area contributed by atoms with E-state index >= 15 is 0 Å². The van der Waals surface area contributed by atoms with Gasteiger partial charge in [-0.05, 0) is 50.3 Å². The third-order valence-corrected chi connectivity index (χ3v) is 6.76. The minimum atomic E-state index is 0.210. The van der Waals surface area contributed by atoms with Crippen molar-refractivity contribution >= 4 is 11.8 Å². The van der Waals surface area contributed by atoms with Gasteiger partial charge in [-0.15, -0.1) is 0 Å². The molecular formula is C25H39N3O3. The lowest BCUT2D eigenvalue weighted by molar-refractivity contribution is -0.135. The highest BCUT2D eigenvalue weighted by molar-refractivity contribution is 5.79. The lowest BCUT2D eigenvalue weighted by Crippen LogP contribution is -2.47. The Morgan fingerprint density at radius 1 is 1.00 bits per heavy atom. The number of hydrogen-bond acceptors (Lipinski definition) is 4. The van der Waals surface area contributed by atoms with Crippen molar-refractivity contribution in [2.75, 3.05) is 46.4 Å². The van der Waals surface area contributed by atoms with E-state index in [0.29, 0.717) is 25.6 Å². The van der Waals surface area contributed by atoms with E-state index in [0.717, 1.165) is 63.2 Å². The number of likely N-dealkylation sites (N-methyl/N-ethyl adjacent to an activating group) is 1. The fourth-order valence-electron chi connectivity index (χ4n) is 4.89. The molecule has 1 heterocycles. The molecule has 1 saturated carbocycles. The lowest BCUT2D eigenvalue weighted by Gasteiger charge is -2.35. The number of amides is 2. The summed E-state index contributed by atoms with van der Waals surface area (Å²) in [5.41, 5.74) is 1.15. The van der Waals surface area contributed by atoms with E-state index in [-0.39, 0.29) is 11.8 Å². The molecular weight excluding hydrogens is 390 g/mol. The summed E-state index contributed by atoms with van der Waals surface area (Å²) in [5.74, 6) is 1.30. The molecule has 2 amide bonds. The summed E-state index contributed by atoms with van der Waals surface area (Å²) in [6.45, 7) is 6.54. The fraction of sp³-hybridized carbons (Fsp3) is 0.680. The summed E-state index contributed by atoms with van der Waals surface area (Å²) >= 11 is 0. The van der Waals surface area contributed by atoms with Crippen LogP contribution in [0.15, 0.2) is 24.3 Å². The molecule has 6 heteroatoms. The highest BCUT2D eigenvalue weighted by Crippen LogP contribution is 2.23. The van der Waals surface area contributed by atoms with E-state index in [2.05, 4.69) is 16.7 Å². The number of methoxy groups -OCH3 is 1. The Morgan fingerprint density at radius 2 is 1.74 bits per heavy atom. The van der Waals surface area contributed by atoms with Crippen LogP contribution < -0.4 is 4.74 Å². The average Bonchev–Trinajstić information content (AvgIpc) is 3.04. The number of carbonyl (C=O) groups excluding carboxylic acids is 2. The minimum absolute atomic E-state index is 0.210. The molecule has 3 rings (SSSR count). The number of ether oxygens (including phenoxy) is 1. The maximum absolute atomic E-state index is 13.0. The number of carbonyl (C=O) groups is 2. The first kappa shape index (κ1) is 23.6. The van der Waals surface area contributed by atoms with Gasteiger partial charge in [0.25, 0.3) is 0 Å². The van der Waals surface area contributed by atoms with Gasteiger partial charge in [0.1, 0.15) is 5.75 Å². The smallest absolute Gasteiger partial charge is 0.236 e. The SMILES string of the molecule is CCN(C(=O)CN1CCCN(C(=O)CCc2ccc(OC)cc2)CC1)C1CCCCC1. The van der Waals surface area contributed by atoms with Gasteiger partial charge in [-0.25, -0.2) is 0 Å². The zero-order chi connectivity index (χ0) is 22.1. The second-order valence-electron chi connectivity index (χ2n) is 8.83. The maximum Gasteiger partial charge on any atom is 0.236 e. The molecule has 0 atom stereocenters. The molecule has 2 aliphatic rings. The standard InChI is InChI=1S/C25H39N3O3/c1-3-28(22-8-5-4-6-9-22)25(30)20-26-16-7-17-27(19-18-26)24(29)15-12-21-10-13-23(31-2)14-11-21/h10-11,13-14,22H,3-9,12,15-20H2,1-2H3. The second kappa shape index (κ2) is 12.1. The van der Waals surface area contributed by atoms with Crippen LogP contribution in [0.5, 0.6) is 5.75 Å². The first-order valence-electron chi connectivity index (χ1n) is 12.0. The Labute approximate surface area is 187 Å². The Balaban J connectivity index is 1.44. The third kappa shape index (κ3) is 6.96. The average molecular weight is 430 g/mol. The Hall–Kier alpha value is -2.08. The number of benzene rings is 1. The molecule has 0 spiro atoms. The second-order valence-corrected chi connectivity index (χ2v) is 8.83. The van der Waals surface area contributed by atoms with Crippen LogP contribution in [0.1, 0.15) is 57.4 Å². The van der Waals surface area contributed by atoms with Crippen molar-refractivity contribution in [2.45, 2.75) is 64.3 Å². The quantitative estimate of drug-likeness (QED) is 0.636. The Morgan fingerprint density at radius 3 is 2.42 bits per heavy atom. The fourth-order valence-corrected chi connectivity index (χ4v) is 4.89. The largest absolute Gasteiger partial charge is 0.497 e. The number of nitrogens with zero attached hydrogens (tertiary/aromatic N) is 3. The van der Waals surface area contributed by atoms with E-state index in [1.165, 1.54) is 19.3 Å². The summed E-state index contributed by atoms with van der Waals surface area (Å²) in [5, 5.41) is 0. The van der Waals surface area contributed by atoms with Crippen molar-refractivity contribution in [2.24, 2.45) is 0 Å². The minimum Gasteiger partial charge on any atom is -0.497 e. The predicted molar refractivity (Wildman–Crippen MR) is 123 cm³/mol. The zero-order valence-electron chi connectivity index (χ0n) is 19.4. The molecule has 0 aromatic heterocycles. The molecule has 0 N–H and O–H groups in total. The molecule has 2 fully saturated rings. The third-order valence-electron chi connectivity index (χ3n) is 6.76. The molecule has 0 radical (unpaired) electrons. The van der Waals surface area contributed by atoms with Crippen LogP contribution in [0.2, 0.25) is 0 Å². The van der Waals surface area contributed by atoms with Gasteiger partial charge in [0.2, 0.25) is 11.8 Å². The molecule has 1 saturated heterocycles. The molecule has 1 aliphatic heterocycles. The van der Waals surface area contributed by atoms with Crippen LogP contribution in [0.4, 0.5) is 0 Å². The molecule has 6 nitrogen and oxygen atoms in total. The van der Waals surface area contributed by atoms with E-state index in [1.54, 1.807) is 7.11 Å². The van der Waals surface area contributed by atoms with Gasteiger partial charge in [-0.2, -0.15) is 0 Å². The lowest BCUT2D eigenvalue weighted by atomic mass is 9.94. The highest BCUT2D eigenvalue weighted by Gasteiger charge is 2.26. The molecule has 1 aromatic rings. The van der Waals surface area contributed by atoms with Crippen molar-refractivity contribution in [1.82, 2.24) is 14.7 Å². The summed E-state index contributed by atoms with van der Waals surface area (Å²) in [7, 11) is 1.66. The van der Waals surface area contributed by atoms with Crippen LogP contribution in [0.25, 0.3) is 0 Å². The first-order valence-corrected chi connectivity index (χ1v) is 12.0.